The van der Waals surface area contributed by atoms with Gasteiger partial charge in [0.1, 0.15) is 6.23 Å². The summed E-state index contributed by atoms with van der Waals surface area (Å²) in [5, 5.41) is 11.1. The van der Waals surface area contributed by atoms with E-state index in [-0.39, 0.29) is 54.2 Å². The zero-order valence-corrected chi connectivity index (χ0v) is 14.7. The molecule has 9 unspecified atom stereocenters. The SMILES string of the molecule is O=C1C(CC2CO2)C2C(CC3CO3)C(O)N(CC3CO3)C2N1CC1CO1. The number of hydrogen-bond donors (Lipinski definition) is 1. The molecular formula is C18H26N2O6. The van der Waals surface area contributed by atoms with E-state index in [2.05, 4.69) is 4.90 Å². The van der Waals surface area contributed by atoms with Gasteiger partial charge >= 0.3 is 0 Å². The number of ether oxygens (including phenoxy) is 4. The van der Waals surface area contributed by atoms with Crippen molar-refractivity contribution in [1.82, 2.24) is 9.80 Å². The molecule has 144 valence electrons. The smallest absolute Gasteiger partial charge is 0.227 e. The molecule has 1 amide bonds. The zero-order chi connectivity index (χ0) is 17.4. The number of fused-ring (bicyclic) bond motifs is 1. The van der Waals surface area contributed by atoms with Crippen LogP contribution in [0.4, 0.5) is 0 Å². The standard InChI is InChI=1S/C18H26N2O6/c21-17-13(1-9-5-23-9)15-14(2-10-6-24-10)18(22)20(4-12-8-26-12)16(15)19(17)3-11-7-25-11/h9-17,21H,1-8H2. The first-order valence-electron chi connectivity index (χ1n) is 9.89. The normalized spacial score (nSPS) is 51.7. The van der Waals surface area contributed by atoms with Crippen molar-refractivity contribution in [2.75, 3.05) is 39.5 Å². The number of carbonyl (C=O) groups is 1. The summed E-state index contributed by atoms with van der Waals surface area (Å²) in [6, 6.07) is 0. The van der Waals surface area contributed by atoms with E-state index in [1.807, 2.05) is 4.90 Å². The summed E-state index contributed by atoms with van der Waals surface area (Å²) < 4.78 is 21.7. The lowest BCUT2D eigenvalue weighted by Gasteiger charge is -2.33. The second kappa shape index (κ2) is 5.86. The Morgan fingerprint density at radius 1 is 0.885 bits per heavy atom. The predicted octanol–water partition coefficient (Wildman–Crippen LogP) is -0.987. The van der Waals surface area contributed by atoms with E-state index in [1.54, 1.807) is 0 Å². The highest BCUT2D eigenvalue weighted by Crippen LogP contribution is 2.51. The van der Waals surface area contributed by atoms with Gasteiger partial charge in [0.05, 0.1) is 63.6 Å². The lowest BCUT2D eigenvalue weighted by Crippen LogP contribution is -2.50. The second-order valence-electron chi connectivity index (χ2n) is 8.66. The third-order valence-electron chi connectivity index (χ3n) is 6.76. The minimum atomic E-state index is -0.545. The molecule has 0 bridgehead atoms. The number of epoxide rings is 4. The average Bonchev–Trinajstić information content (AvgIpc) is 3.46. The van der Waals surface area contributed by atoms with Gasteiger partial charge in [-0.2, -0.15) is 0 Å². The molecule has 0 aromatic heterocycles. The Morgan fingerprint density at radius 2 is 1.46 bits per heavy atom. The van der Waals surface area contributed by atoms with E-state index in [9.17, 15) is 9.90 Å². The van der Waals surface area contributed by atoms with Gasteiger partial charge in [-0.1, -0.05) is 0 Å². The maximum absolute atomic E-state index is 13.3. The molecule has 6 heterocycles. The predicted molar refractivity (Wildman–Crippen MR) is 86.9 cm³/mol. The number of amides is 1. The van der Waals surface area contributed by atoms with E-state index in [0.717, 1.165) is 39.3 Å². The van der Waals surface area contributed by atoms with Crippen LogP contribution in [0.5, 0.6) is 0 Å². The molecule has 26 heavy (non-hydrogen) atoms. The third kappa shape index (κ3) is 2.87. The molecule has 0 aliphatic carbocycles. The molecule has 6 rings (SSSR count). The molecule has 6 saturated heterocycles. The molecule has 6 aliphatic rings. The first-order valence-corrected chi connectivity index (χ1v) is 9.89. The van der Waals surface area contributed by atoms with Crippen molar-refractivity contribution in [3.63, 3.8) is 0 Å². The van der Waals surface area contributed by atoms with Gasteiger partial charge < -0.3 is 29.0 Å². The Balaban J connectivity index is 1.32. The van der Waals surface area contributed by atoms with Crippen molar-refractivity contribution in [2.24, 2.45) is 17.8 Å². The van der Waals surface area contributed by atoms with Crippen molar-refractivity contribution < 1.29 is 28.8 Å². The largest absolute Gasteiger partial charge is 0.378 e. The number of nitrogens with zero attached hydrogens (tertiary/aromatic N) is 2. The molecule has 8 nitrogen and oxygen atoms in total. The van der Waals surface area contributed by atoms with Crippen molar-refractivity contribution in [1.29, 1.82) is 0 Å². The number of carbonyl (C=O) groups excluding carboxylic acids is 1. The molecular weight excluding hydrogens is 340 g/mol. The summed E-state index contributed by atoms with van der Waals surface area (Å²) in [6.45, 7) is 4.32. The van der Waals surface area contributed by atoms with E-state index in [4.69, 9.17) is 18.9 Å². The van der Waals surface area contributed by atoms with Gasteiger partial charge in [-0.3, -0.25) is 9.69 Å². The molecule has 6 fully saturated rings. The van der Waals surface area contributed by atoms with E-state index >= 15 is 0 Å². The monoisotopic (exact) mass is 366 g/mol. The summed E-state index contributed by atoms with van der Waals surface area (Å²) in [5.41, 5.74) is 0. The highest BCUT2D eigenvalue weighted by atomic mass is 16.6. The molecule has 0 spiro atoms. The van der Waals surface area contributed by atoms with Crippen LogP contribution in [-0.4, -0.2) is 97.1 Å². The van der Waals surface area contributed by atoms with Gasteiger partial charge in [0.15, 0.2) is 0 Å². The molecule has 8 heteroatoms. The van der Waals surface area contributed by atoms with Gasteiger partial charge in [-0.15, -0.1) is 0 Å². The fourth-order valence-electron chi connectivity index (χ4n) is 5.19. The van der Waals surface area contributed by atoms with Crippen molar-refractivity contribution in [3.8, 4) is 0 Å². The Hall–Kier alpha value is -0.770. The maximum Gasteiger partial charge on any atom is 0.227 e. The first kappa shape index (κ1) is 16.2. The summed E-state index contributed by atoms with van der Waals surface area (Å²) in [6.07, 6.45) is 1.77. The quantitative estimate of drug-likeness (QED) is 0.552. The molecule has 6 aliphatic heterocycles. The van der Waals surface area contributed by atoms with Crippen LogP contribution in [0.1, 0.15) is 12.8 Å². The summed E-state index contributed by atoms with van der Waals surface area (Å²) in [7, 11) is 0. The molecule has 0 aromatic rings. The fourth-order valence-corrected chi connectivity index (χ4v) is 5.19. The fraction of sp³-hybridized carbons (Fsp3) is 0.944. The molecule has 0 radical (unpaired) electrons. The van der Waals surface area contributed by atoms with E-state index < -0.39 is 6.23 Å². The van der Waals surface area contributed by atoms with Crippen LogP contribution in [0.3, 0.4) is 0 Å². The minimum absolute atomic E-state index is 0.0570. The Bertz CT molecular complexity index is 540. The first-order chi connectivity index (χ1) is 12.7. The van der Waals surface area contributed by atoms with E-state index in [1.165, 1.54) is 0 Å². The van der Waals surface area contributed by atoms with Crippen LogP contribution in [0, 0.1) is 17.8 Å². The number of aliphatic hydroxyl groups excluding tert-OH is 1. The lowest BCUT2D eigenvalue weighted by atomic mass is 9.79. The van der Waals surface area contributed by atoms with Crippen LogP contribution in [0.25, 0.3) is 0 Å². The van der Waals surface area contributed by atoms with Crippen LogP contribution in [0.15, 0.2) is 0 Å². The second-order valence-corrected chi connectivity index (χ2v) is 8.66. The Morgan fingerprint density at radius 3 is 2.08 bits per heavy atom. The van der Waals surface area contributed by atoms with Gasteiger partial charge in [-0.25, -0.2) is 0 Å². The topological polar surface area (TPSA) is 93.9 Å². The number of hydrogen-bond acceptors (Lipinski definition) is 7. The summed E-state index contributed by atoms with van der Waals surface area (Å²) >= 11 is 0. The average molecular weight is 366 g/mol. The molecule has 1 N–H and O–H groups in total. The van der Waals surface area contributed by atoms with Gasteiger partial charge in [-0.05, 0) is 12.8 Å². The molecule has 9 atom stereocenters. The van der Waals surface area contributed by atoms with E-state index in [0.29, 0.717) is 13.1 Å². The molecule has 0 saturated carbocycles. The van der Waals surface area contributed by atoms with Crippen LogP contribution in [0.2, 0.25) is 0 Å². The summed E-state index contributed by atoms with van der Waals surface area (Å²) in [4.78, 5) is 17.4. The molecule has 0 aromatic carbocycles. The van der Waals surface area contributed by atoms with Gasteiger partial charge in [0.25, 0.3) is 0 Å². The Kier molecular flexibility index (Phi) is 3.65. The highest BCUT2D eigenvalue weighted by Gasteiger charge is 2.63. The third-order valence-corrected chi connectivity index (χ3v) is 6.76. The number of likely N-dealkylation sites (tertiary alicyclic amines) is 2. The van der Waals surface area contributed by atoms with Crippen molar-refractivity contribution >= 4 is 5.91 Å². The van der Waals surface area contributed by atoms with Crippen LogP contribution >= 0.6 is 0 Å². The van der Waals surface area contributed by atoms with Crippen LogP contribution in [-0.2, 0) is 23.7 Å². The maximum atomic E-state index is 13.3. The van der Waals surface area contributed by atoms with Crippen molar-refractivity contribution in [2.45, 2.75) is 49.7 Å². The Labute approximate surface area is 152 Å². The van der Waals surface area contributed by atoms with Gasteiger partial charge in [0.2, 0.25) is 5.91 Å². The minimum Gasteiger partial charge on any atom is -0.378 e. The van der Waals surface area contributed by atoms with Gasteiger partial charge in [0, 0.05) is 24.3 Å². The lowest BCUT2D eigenvalue weighted by molar-refractivity contribution is -0.138. The summed E-state index contributed by atoms with van der Waals surface area (Å²) in [5.74, 6) is 0.323. The highest BCUT2D eigenvalue weighted by molar-refractivity contribution is 5.82. The number of aliphatic hydroxyl groups is 1. The number of rotatable bonds is 8. The zero-order valence-electron chi connectivity index (χ0n) is 14.7. The van der Waals surface area contributed by atoms with Crippen LogP contribution < -0.4 is 0 Å². The van der Waals surface area contributed by atoms with Crippen molar-refractivity contribution in [3.05, 3.63) is 0 Å².